The van der Waals surface area contributed by atoms with Crippen LogP contribution in [-0.4, -0.2) is 37.5 Å². The number of likely N-dealkylation sites (N-methyl/N-ethyl adjacent to an activating group) is 1. The van der Waals surface area contributed by atoms with E-state index in [0.717, 1.165) is 4.90 Å². The Hall–Kier alpha value is -1.91. The summed E-state index contributed by atoms with van der Waals surface area (Å²) in [5.74, 6) is -1.71. The third-order valence-electron chi connectivity index (χ3n) is 2.04. The van der Waals surface area contributed by atoms with Crippen molar-refractivity contribution in [1.82, 2.24) is 4.90 Å². The van der Waals surface area contributed by atoms with Crippen molar-refractivity contribution in [2.24, 2.45) is 0 Å². The normalized spacial score (nSPS) is 9.69. The second-order valence-electron chi connectivity index (χ2n) is 3.22. The van der Waals surface area contributed by atoms with Crippen LogP contribution in [0.25, 0.3) is 0 Å². The molecule has 0 aliphatic carbocycles. The first-order chi connectivity index (χ1) is 7.56. The number of ether oxygens (including phenoxy) is 1. The van der Waals surface area contributed by atoms with Crippen LogP contribution in [-0.2, 0) is 9.53 Å². The second-order valence-corrected chi connectivity index (χ2v) is 3.22. The van der Waals surface area contributed by atoms with E-state index in [-0.39, 0.29) is 12.1 Å². The molecule has 0 aliphatic rings. The Labute approximate surface area is 92.6 Å². The third kappa shape index (κ3) is 2.79. The number of rotatable bonds is 3. The Morgan fingerprint density at radius 2 is 2.00 bits per heavy atom. The summed E-state index contributed by atoms with van der Waals surface area (Å²) in [6, 6.07) is 5.61. The van der Waals surface area contributed by atoms with E-state index in [4.69, 9.17) is 0 Å². The molecule has 16 heavy (non-hydrogen) atoms. The molecule has 1 aromatic rings. The van der Waals surface area contributed by atoms with Crippen LogP contribution in [0.3, 0.4) is 0 Å². The van der Waals surface area contributed by atoms with Crippen molar-refractivity contribution >= 4 is 11.9 Å². The van der Waals surface area contributed by atoms with Crippen LogP contribution < -0.4 is 0 Å². The largest absolute Gasteiger partial charge is 0.468 e. The van der Waals surface area contributed by atoms with Crippen LogP contribution in [0, 0.1) is 5.82 Å². The van der Waals surface area contributed by atoms with Crippen molar-refractivity contribution in [3.63, 3.8) is 0 Å². The zero-order chi connectivity index (χ0) is 12.1. The minimum Gasteiger partial charge on any atom is -0.468 e. The fraction of sp³-hybridized carbons (Fsp3) is 0.273. The number of hydrogen-bond acceptors (Lipinski definition) is 3. The lowest BCUT2D eigenvalue weighted by atomic mass is 10.2. The highest BCUT2D eigenvalue weighted by Gasteiger charge is 2.17. The van der Waals surface area contributed by atoms with Gasteiger partial charge in [0.1, 0.15) is 12.4 Å². The number of benzene rings is 1. The van der Waals surface area contributed by atoms with Crippen molar-refractivity contribution in [3.05, 3.63) is 35.6 Å². The van der Waals surface area contributed by atoms with Gasteiger partial charge in [-0.05, 0) is 12.1 Å². The van der Waals surface area contributed by atoms with Gasteiger partial charge >= 0.3 is 5.97 Å². The monoisotopic (exact) mass is 225 g/mol. The molecule has 1 aromatic carbocycles. The van der Waals surface area contributed by atoms with Crippen molar-refractivity contribution in [3.8, 4) is 0 Å². The highest BCUT2D eigenvalue weighted by atomic mass is 19.1. The number of amides is 1. The molecule has 0 heterocycles. The minimum absolute atomic E-state index is 0.0612. The van der Waals surface area contributed by atoms with Crippen LogP contribution in [0.5, 0.6) is 0 Å². The van der Waals surface area contributed by atoms with Crippen molar-refractivity contribution < 1.29 is 18.7 Å². The summed E-state index contributed by atoms with van der Waals surface area (Å²) in [7, 11) is 2.63. The van der Waals surface area contributed by atoms with E-state index in [9.17, 15) is 14.0 Å². The Kier molecular flexibility index (Phi) is 3.99. The van der Waals surface area contributed by atoms with Gasteiger partial charge in [-0.15, -0.1) is 0 Å². The zero-order valence-electron chi connectivity index (χ0n) is 9.07. The first-order valence-corrected chi connectivity index (χ1v) is 4.63. The van der Waals surface area contributed by atoms with Crippen LogP contribution in [0.1, 0.15) is 10.4 Å². The molecular formula is C11H12FNO3. The zero-order valence-corrected chi connectivity index (χ0v) is 9.07. The van der Waals surface area contributed by atoms with Crippen LogP contribution in [0.4, 0.5) is 4.39 Å². The molecule has 0 saturated carbocycles. The molecule has 0 N–H and O–H groups in total. The Morgan fingerprint density at radius 1 is 1.38 bits per heavy atom. The van der Waals surface area contributed by atoms with Crippen molar-refractivity contribution in [2.75, 3.05) is 20.7 Å². The number of halogens is 1. The van der Waals surface area contributed by atoms with Gasteiger partial charge < -0.3 is 9.64 Å². The number of esters is 1. The second kappa shape index (κ2) is 5.25. The Morgan fingerprint density at radius 3 is 2.56 bits per heavy atom. The van der Waals surface area contributed by atoms with E-state index < -0.39 is 17.7 Å². The van der Waals surface area contributed by atoms with Gasteiger partial charge in [0.2, 0.25) is 0 Å². The van der Waals surface area contributed by atoms with Crippen LogP contribution >= 0.6 is 0 Å². The topological polar surface area (TPSA) is 46.6 Å². The Balaban J connectivity index is 2.79. The molecule has 0 saturated heterocycles. The maximum atomic E-state index is 13.3. The summed E-state index contributed by atoms with van der Waals surface area (Å²) < 4.78 is 17.7. The first-order valence-electron chi connectivity index (χ1n) is 4.63. The molecule has 0 atom stereocenters. The quantitative estimate of drug-likeness (QED) is 0.723. The minimum atomic E-state index is -0.607. The molecule has 4 nitrogen and oxygen atoms in total. The van der Waals surface area contributed by atoms with E-state index in [1.54, 1.807) is 6.07 Å². The predicted molar refractivity (Wildman–Crippen MR) is 55.4 cm³/mol. The SMILES string of the molecule is COC(=O)CN(C)C(=O)c1ccccc1F. The molecular weight excluding hydrogens is 213 g/mol. The fourth-order valence-electron chi connectivity index (χ4n) is 1.17. The summed E-state index contributed by atoms with van der Waals surface area (Å²) in [6.45, 7) is -0.205. The molecule has 0 bridgehead atoms. The van der Waals surface area contributed by atoms with E-state index in [0.29, 0.717) is 0 Å². The summed E-state index contributed by atoms with van der Waals surface area (Å²) in [6.07, 6.45) is 0. The van der Waals surface area contributed by atoms with E-state index in [1.165, 1.54) is 32.4 Å². The number of methoxy groups -OCH3 is 1. The molecule has 0 spiro atoms. The predicted octanol–water partition coefficient (Wildman–Crippen LogP) is 1.07. The molecule has 1 rings (SSSR count). The average molecular weight is 225 g/mol. The van der Waals surface area contributed by atoms with Crippen LogP contribution in [0.2, 0.25) is 0 Å². The van der Waals surface area contributed by atoms with E-state index in [2.05, 4.69) is 4.74 Å². The number of hydrogen-bond donors (Lipinski definition) is 0. The highest BCUT2D eigenvalue weighted by Crippen LogP contribution is 2.08. The molecule has 0 aliphatic heterocycles. The van der Waals surface area contributed by atoms with Crippen LogP contribution in [0.15, 0.2) is 24.3 Å². The summed E-state index contributed by atoms with van der Waals surface area (Å²) in [4.78, 5) is 23.7. The van der Waals surface area contributed by atoms with Gasteiger partial charge in [-0.1, -0.05) is 12.1 Å². The molecule has 0 fully saturated rings. The van der Waals surface area contributed by atoms with Gasteiger partial charge in [0.25, 0.3) is 5.91 Å². The standard InChI is InChI=1S/C11H12FNO3/c1-13(7-10(14)16-2)11(15)8-5-3-4-6-9(8)12/h3-6H,7H2,1-2H3. The van der Waals surface area contributed by atoms with E-state index in [1.807, 2.05) is 0 Å². The number of carbonyl (C=O) groups excluding carboxylic acids is 2. The lowest BCUT2D eigenvalue weighted by molar-refractivity contribution is -0.141. The molecule has 0 radical (unpaired) electrons. The maximum absolute atomic E-state index is 13.3. The first kappa shape index (κ1) is 12.2. The third-order valence-corrected chi connectivity index (χ3v) is 2.04. The lowest BCUT2D eigenvalue weighted by Crippen LogP contribution is -2.33. The molecule has 1 amide bonds. The van der Waals surface area contributed by atoms with Gasteiger partial charge in [0.15, 0.2) is 0 Å². The summed E-state index contributed by atoms with van der Waals surface area (Å²) >= 11 is 0. The lowest BCUT2D eigenvalue weighted by Gasteiger charge is -2.15. The van der Waals surface area contributed by atoms with Crippen molar-refractivity contribution in [2.45, 2.75) is 0 Å². The molecule has 0 unspecified atom stereocenters. The van der Waals surface area contributed by atoms with Gasteiger partial charge in [-0.2, -0.15) is 0 Å². The smallest absolute Gasteiger partial charge is 0.325 e. The van der Waals surface area contributed by atoms with Crippen molar-refractivity contribution in [1.29, 1.82) is 0 Å². The van der Waals surface area contributed by atoms with Gasteiger partial charge in [0.05, 0.1) is 12.7 Å². The average Bonchev–Trinajstić information content (AvgIpc) is 2.28. The van der Waals surface area contributed by atoms with Gasteiger partial charge in [-0.25, -0.2) is 4.39 Å². The maximum Gasteiger partial charge on any atom is 0.325 e. The van der Waals surface area contributed by atoms with Gasteiger partial charge in [-0.3, -0.25) is 9.59 Å². The highest BCUT2D eigenvalue weighted by molar-refractivity contribution is 5.95. The fourth-order valence-corrected chi connectivity index (χ4v) is 1.17. The molecule has 86 valence electrons. The summed E-state index contributed by atoms with van der Waals surface area (Å²) in [5.41, 5.74) is -0.0612. The van der Waals surface area contributed by atoms with E-state index >= 15 is 0 Å². The summed E-state index contributed by atoms with van der Waals surface area (Å²) in [5, 5.41) is 0. The van der Waals surface area contributed by atoms with Gasteiger partial charge in [0, 0.05) is 7.05 Å². The molecule has 5 heteroatoms. The molecule has 0 aromatic heterocycles. The number of carbonyl (C=O) groups is 2. The number of nitrogens with zero attached hydrogens (tertiary/aromatic N) is 1. The Bertz CT molecular complexity index is 406.